The van der Waals surface area contributed by atoms with Gasteiger partial charge in [-0.15, -0.1) is 11.3 Å². The third-order valence-electron chi connectivity index (χ3n) is 6.30. The average Bonchev–Trinajstić information content (AvgIpc) is 3.35. The molecule has 0 saturated carbocycles. The average molecular weight is 532 g/mol. The fourth-order valence-electron chi connectivity index (χ4n) is 4.35. The number of ether oxygens (including phenoxy) is 1. The van der Waals surface area contributed by atoms with Crippen LogP contribution in [0.5, 0.6) is 0 Å². The lowest BCUT2D eigenvalue weighted by molar-refractivity contribution is 0.0593. The number of rotatable bonds is 8. The fraction of sp³-hybridized carbons (Fsp3) is 0.345. The molecule has 3 heterocycles. The van der Waals surface area contributed by atoms with Crippen LogP contribution in [0.1, 0.15) is 59.2 Å². The number of benzene rings is 1. The lowest BCUT2D eigenvalue weighted by Gasteiger charge is -2.16. The van der Waals surface area contributed by atoms with Crippen LogP contribution in [-0.4, -0.2) is 32.6 Å². The summed E-state index contributed by atoms with van der Waals surface area (Å²) in [5, 5.41) is 4.05. The molecule has 0 amide bonds. The Kier molecular flexibility index (Phi) is 8.06. The first kappa shape index (κ1) is 27.2. The van der Waals surface area contributed by atoms with Gasteiger partial charge in [-0.3, -0.25) is 4.79 Å². The standard InChI is InChI=1S/C29H33N5O3S/c1-7-20-18(11-12-23-25(27(36)37-6)33-28(38-23)29(2,3)4)9-8-10-21(20)19-15-22(26(35)34(5)16-19)32-24-13-14-30-17-31-24/h8-10,13-17H,7,11-12H2,1-6H3,(H,30,31,32). The van der Waals surface area contributed by atoms with Crippen molar-refractivity contribution in [2.24, 2.45) is 7.05 Å². The first-order valence-corrected chi connectivity index (χ1v) is 13.4. The van der Waals surface area contributed by atoms with Crippen LogP contribution in [0.25, 0.3) is 11.1 Å². The van der Waals surface area contributed by atoms with E-state index in [0.717, 1.165) is 33.9 Å². The zero-order valence-corrected chi connectivity index (χ0v) is 23.5. The van der Waals surface area contributed by atoms with Crippen molar-refractivity contribution in [1.82, 2.24) is 19.5 Å². The summed E-state index contributed by atoms with van der Waals surface area (Å²) in [7, 11) is 3.14. The Hall–Kier alpha value is -3.85. The van der Waals surface area contributed by atoms with E-state index in [2.05, 4.69) is 60.1 Å². The van der Waals surface area contributed by atoms with E-state index in [1.54, 1.807) is 35.2 Å². The van der Waals surface area contributed by atoms with E-state index in [1.807, 2.05) is 18.3 Å². The summed E-state index contributed by atoms with van der Waals surface area (Å²) < 4.78 is 6.60. The number of hydrogen-bond acceptors (Lipinski definition) is 8. The van der Waals surface area contributed by atoms with E-state index in [1.165, 1.54) is 24.6 Å². The number of nitrogens with one attached hydrogen (secondary N) is 1. The van der Waals surface area contributed by atoms with Gasteiger partial charge < -0.3 is 14.6 Å². The summed E-state index contributed by atoms with van der Waals surface area (Å²) in [6.07, 6.45) is 7.19. The third-order valence-corrected chi connectivity index (χ3v) is 7.85. The summed E-state index contributed by atoms with van der Waals surface area (Å²) in [6.45, 7) is 8.41. The smallest absolute Gasteiger partial charge is 0.357 e. The summed E-state index contributed by atoms with van der Waals surface area (Å²) >= 11 is 1.58. The molecule has 0 bridgehead atoms. The SMILES string of the molecule is CCc1c(CCc2sc(C(C)(C)C)nc2C(=O)OC)cccc1-c1cc(Nc2ccncn2)c(=O)n(C)c1. The van der Waals surface area contributed by atoms with Gasteiger partial charge in [-0.2, -0.15) is 0 Å². The first-order chi connectivity index (χ1) is 18.1. The molecule has 1 N–H and O–H groups in total. The minimum atomic E-state index is -0.398. The minimum Gasteiger partial charge on any atom is -0.464 e. The van der Waals surface area contributed by atoms with Gasteiger partial charge in [0.15, 0.2) is 5.69 Å². The van der Waals surface area contributed by atoms with E-state index in [9.17, 15) is 9.59 Å². The van der Waals surface area contributed by atoms with Gasteiger partial charge >= 0.3 is 5.97 Å². The lowest BCUT2D eigenvalue weighted by atomic mass is 9.92. The molecular formula is C29H33N5O3S. The molecule has 3 aromatic heterocycles. The monoisotopic (exact) mass is 531 g/mol. The number of nitrogens with zero attached hydrogens (tertiary/aromatic N) is 4. The highest BCUT2D eigenvalue weighted by Crippen LogP contribution is 2.33. The van der Waals surface area contributed by atoms with Gasteiger partial charge in [-0.25, -0.2) is 19.7 Å². The van der Waals surface area contributed by atoms with Crippen LogP contribution in [-0.2, 0) is 36.5 Å². The Morgan fingerprint density at radius 1 is 1.18 bits per heavy atom. The normalized spacial score (nSPS) is 11.4. The van der Waals surface area contributed by atoms with Crippen LogP contribution >= 0.6 is 11.3 Å². The Morgan fingerprint density at radius 3 is 2.63 bits per heavy atom. The van der Waals surface area contributed by atoms with Crippen molar-refractivity contribution in [1.29, 1.82) is 0 Å². The van der Waals surface area contributed by atoms with Crippen LogP contribution in [0.15, 0.2) is 53.8 Å². The first-order valence-electron chi connectivity index (χ1n) is 12.6. The van der Waals surface area contributed by atoms with Gasteiger partial charge in [0.05, 0.1) is 12.1 Å². The van der Waals surface area contributed by atoms with E-state index < -0.39 is 5.97 Å². The number of anilines is 2. The molecule has 0 saturated heterocycles. The number of carbonyl (C=O) groups is 1. The largest absolute Gasteiger partial charge is 0.464 e. The van der Waals surface area contributed by atoms with Crippen LogP contribution in [0.3, 0.4) is 0 Å². The number of aromatic nitrogens is 4. The fourth-order valence-corrected chi connectivity index (χ4v) is 5.46. The van der Waals surface area contributed by atoms with Crippen LogP contribution in [0.4, 0.5) is 11.5 Å². The maximum atomic E-state index is 12.8. The molecule has 198 valence electrons. The summed E-state index contributed by atoms with van der Waals surface area (Å²) in [5.74, 6) is 0.157. The summed E-state index contributed by atoms with van der Waals surface area (Å²) in [5.41, 5.74) is 4.97. The molecule has 0 aliphatic heterocycles. The molecule has 0 radical (unpaired) electrons. The Balaban J connectivity index is 1.68. The molecular weight excluding hydrogens is 498 g/mol. The maximum Gasteiger partial charge on any atom is 0.357 e. The number of esters is 1. The molecule has 0 atom stereocenters. The zero-order valence-electron chi connectivity index (χ0n) is 22.7. The topological polar surface area (TPSA) is 99.0 Å². The van der Waals surface area contributed by atoms with Gasteiger partial charge in [-0.05, 0) is 48.1 Å². The molecule has 0 unspecified atom stereocenters. The van der Waals surface area contributed by atoms with Crippen molar-refractivity contribution in [2.45, 2.75) is 52.4 Å². The predicted octanol–water partition coefficient (Wildman–Crippen LogP) is 5.47. The van der Waals surface area contributed by atoms with Crippen LogP contribution in [0.2, 0.25) is 0 Å². The van der Waals surface area contributed by atoms with Gasteiger partial charge in [0.1, 0.15) is 17.8 Å². The second-order valence-electron chi connectivity index (χ2n) is 10.1. The minimum absolute atomic E-state index is 0.142. The second-order valence-corrected chi connectivity index (χ2v) is 11.2. The van der Waals surface area contributed by atoms with Gasteiger partial charge in [0.2, 0.25) is 0 Å². The molecule has 0 spiro atoms. The highest BCUT2D eigenvalue weighted by molar-refractivity contribution is 7.12. The molecule has 8 nitrogen and oxygen atoms in total. The van der Waals surface area contributed by atoms with Crippen molar-refractivity contribution in [2.75, 3.05) is 12.4 Å². The molecule has 4 aromatic rings. The molecule has 0 fully saturated rings. The van der Waals surface area contributed by atoms with Crippen molar-refractivity contribution in [3.63, 3.8) is 0 Å². The lowest BCUT2D eigenvalue weighted by Crippen LogP contribution is -2.19. The molecule has 9 heteroatoms. The Labute approximate surface area is 226 Å². The summed E-state index contributed by atoms with van der Waals surface area (Å²) in [4.78, 5) is 39.0. The second kappa shape index (κ2) is 11.3. The van der Waals surface area contributed by atoms with Crippen LogP contribution in [0, 0.1) is 0 Å². The molecule has 0 aliphatic rings. The van der Waals surface area contributed by atoms with Gasteiger partial charge in [0.25, 0.3) is 5.56 Å². The number of methoxy groups -OCH3 is 1. The highest BCUT2D eigenvalue weighted by atomic mass is 32.1. The van der Waals surface area contributed by atoms with E-state index >= 15 is 0 Å². The Bertz CT molecular complexity index is 1500. The molecule has 4 rings (SSSR count). The number of thiazole rings is 1. The van der Waals surface area contributed by atoms with Crippen molar-refractivity contribution < 1.29 is 9.53 Å². The van der Waals surface area contributed by atoms with E-state index in [-0.39, 0.29) is 11.0 Å². The Morgan fingerprint density at radius 2 is 1.97 bits per heavy atom. The van der Waals surface area contributed by atoms with E-state index in [4.69, 9.17) is 4.74 Å². The predicted molar refractivity (Wildman–Crippen MR) is 151 cm³/mol. The molecule has 0 aliphatic carbocycles. The quantitative estimate of drug-likeness (QED) is 0.301. The third kappa shape index (κ3) is 5.83. The molecule has 1 aromatic carbocycles. The van der Waals surface area contributed by atoms with Crippen LogP contribution < -0.4 is 10.9 Å². The maximum absolute atomic E-state index is 12.8. The van der Waals surface area contributed by atoms with Gasteiger partial charge in [-0.1, -0.05) is 45.9 Å². The number of pyridine rings is 1. The zero-order chi connectivity index (χ0) is 27.4. The van der Waals surface area contributed by atoms with Gasteiger partial charge in [0, 0.05) is 35.3 Å². The summed E-state index contributed by atoms with van der Waals surface area (Å²) in [6, 6.07) is 9.85. The van der Waals surface area contributed by atoms with Crippen molar-refractivity contribution >= 4 is 28.8 Å². The number of hydrogen-bond donors (Lipinski definition) is 1. The van der Waals surface area contributed by atoms with Crippen molar-refractivity contribution in [3.8, 4) is 11.1 Å². The highest BCUT2D eigenvalue weighted by Gasteiger charge is 2.25. The molecule has 38 heavy (non-hydrogen) atoms. The number of aryl methyl sites for hydroxylation is 3. The number of carbonyl (C=O) groups excluding carboxylic acids is 1. The van der Waals surface area contributed by atoms with Crippen molar-refractivity contribution in [3.05, 3.63) is 86.1 Å². The van der Waals surface area contributed by atoms with E-state index in [0.29, 0.717) is 23.6 Å².